The molecular formula is C18H9O12S3-3. The monoisotopic (exact) mass is 513 g/mol. The summed E-state index contributed by atoms with van der Waals surface area (Å²) < 4.78 is 112. The van der Waals surface area contributed by atoms with Crippen molar-refractivity contribution < 1.29 is 53.5 Å². The molecule has 0 aliphatic heterocycles. The number of carboxylic acid groups (broad SMARTS) is 1. The fraction of sp³-hybridized carbons (Fsp3) is 0.0556. The third-order valence-corrected chi connectivity index (χ3v) is 7.54. The van der Waals surface area contributed by atoms with Crippen LogP contribution in [0.1, 0.15) is 0 Å². The minimum atomic E-state index is -5.32. The highest BCUT2D eigenvalue weighted by atomic mass is 32.2. The van der Waals surface area contributed by atoms with Gasteiger partial charge in [-0.05, 0) is 18.2 Å². The van der Waals surface area contributed by atoms with Gasteiger partial charge in [-0.3, -0.25) is 0 Å². The van der Waals surface area contributed by atoms with Crippen LogP contribution >= 0.6 is 0 Å². The first kappa shape index (κ1) is 23.1. The summed E-state index contributed by atoms with van der Waals surface area (Å²) >= 11 is 0. The van der Waals surface area contributed by atoms with Gasteiger partial charge in [0, 0.05) is 32.3 Å². The van der Waals surface area contributed by atoms with E-state index in [0.717, 1.165) is 24.3 Å². The largest absolute Gasteiger partial charge is 0.744 e. The van der Waals surface area contributed by atoms with Crippen LogP contribution in [0, 0.1) is 0 Å². The Bertz CT molecular complexity index is 1750. The maximum Gasteiger partial charge on any atom is 0.341 e. The third-order valence-electron chi connectivity index (χ3n) is 4.91. The second-order valence-corrected chi connectivity index (χ2v) is 10.9. The van der Waals surface area contributed by atoms with Gasteiger partial charge in [0.15, 0.2) is 6.61 Å². The van der Waals surface area contributed by atoms with Gasteiger partial charge in [-0.15, -0.1) is 0 Å². The second-order valence-electron chi connectivity index (χ2n) is 6.86. The lowest BCUT2D eigenvalue weighted by atomic mass is 9.93. The Hall–Kier alpha value is -3.08. The number of ether oxygens (including phenoxy) is 1. The SMILES string of the molecule is O=C(O)COc1cc(S(=O)(=O)[O-])c2ccc3c(S(=O)(=O)[O-])cc(S(=O)(=O)[O-])c4ccc1c2c43. The molecule has 0 unspecified atom stereocenters. The van der Waals surface area contributed by atoms with Gasteiger partial charge in [0.1, 0.15) is 36.1 Å². The van der Waals surface area contributed by atoms with E-state index in [1.165, 1.54) is 6.07 Å². The first-order valence-corrected chi connectivity index (χ1v) is 12.8. The minimum Gasteiger partial charge on any atom is -0.744 e. The van der Waals surface area contributed by atoms with E-state index in [2.05, 4.69) is 0 Å². The quantitative estimate of drug-likeness (QED) is 0.279. The zero-order valence-electron chi connectivity index (χ0n) is 15.8. The smallest absolute Gasteiger partial charge is 0.341 e. The first-order chi connectivity index (χ1) is 15.1. The average Bonchev–Trinajstić information content (AvgIpc) is 2.67. The van der Waals surface area contributed by atoms with Crippen molar-refractivity contribution in [2.24, 2.45) is 0 Å². The summed E-state index contributed by atoms with van der Waals surface area (Å²) in [6, 6.07) is 5.51. The molecule has 4 aromatic rings. The van der Waals surface area contributed by atoms with Gasteiger partial charge in [-0.2, -0.15) is 0 Å². The molecule has 0 amide bonds. The summed E-state index contributed by atoms with van der Waals surface area (Å²) in [4.78, 5) is 7.95. The predicted octanol–water partition coefficient (Wildman–Crippen LogP) is 0.760. The Kier molecular flexibility index (Phi) is 5.04. The molecule has 4 aromatic carbocycles. The summed E-state index contributed by atoms with van der Waals surface area (Å²) in [6.07, 6.45) is 0. The summed E-state index contributed by atoms with van der Waals surface area (Å²) in [5.74, 6) is -1.83. The Morgan fingerprint density at radius 2 is 1.06 bits per heavy atom. The van der Waals surface area contributed by atoms with E-state index in [0.29, 0.717) is 6.07 Å². The van der Waals surface area contributed by atoms with E-state index in [9.17, 15) is 43.7 Å². The van der Waals surface area contributed by atoms with Crippen molar-refractivity contribution in [2.75, 3.05) is 6.61 Å². The Balaban J connectivity index is 2.36. The maximum absolute atomic E-state index is 11.9. The number of carbonyl (C=O) groups is 1. The topological polar surface area (TPSA) is 218 Å². The average molecular weight is 513 g/mol. The molecule has 0 radical (unpaired) electrons. The highest BCUT2D eigenvalue weighted by Crippen LogP contribution is 2.45. The molecule has 0 saturated carbocycles. The molecule has 0 saturated heterocycles. The third kappa shape index (κ3) is 3.84. The molecule has 0 aliphatic carbocycles. The van der Waals surface area contributed by atoms with Crippen molar-refractivity contribution in [2.45, 2.75) is 14.7 Å². The van der Waals surface area contributed by atoms with Gasteiger partial charge in [0.25, 0.3) is 0 Å². The highest BCUT2D eigenvalue weighted by molar-refractivity contribution is 7.87. The van der Waals surface area contributed by atoms with Gasteiger partial charge in [-0.25, -0.2) is 30.0 Å². The van der Waals surface area contributed by atoms with E-state index < -0.39 is 63.4 Å². The molecule has 4 rings (SSSR count). The molecule has 15 heteroatoms. The van der Waals surface area contributed by atoms with Crippen molar-refractivity contribution in [1.29, 1.82) is 0 Å². The van der Waals surface area contributed by atoms with Crippen LogP contribution in [0.2, 0.25) is 0 Å². The van der Waals surface area contributed by atoms with Crippen molar-refractivity contribution >= 4 is 68.6 Å². The summed E-state index contributed by atoms with van der Waals surface area (Å²) in [5.41, 5.74) is 0. The van der Waals surface area contributed by atoms with Crippen LogP contribution in [0.3, 0.4) is 0 Å². The van der Waals surface area contributed by atoms with E-state index in [-0.39, 0.29) is 32.3 Å². The van der Waals surface area contributed by atoms with Crippen LogP contribution in [-0.4, -0.2) is 56.6 Å². The maximum atomic E-state index is 11.9. The summed E-state index contributed by atoms with van der Waals surface area (Å²) in [6.45, 7) is -0.942. The van der Waals surface area contributed by atoms with Gasteiger partial charge in [-0.1, -0.05) is 18.2 Å². The lowest BCUT2D eigenvalue weighted by molar-refractivity contribution is -0.139. The van der Waals surface area contributed by atoms with Crippen molar-refractivity contribution in [3.05, 3.63) is 36.4 Å². The molecule has 33 heavy (non-hydrogen) atoms. The molecule has 0 atom stereocenters. The fourth-order valence-electron chi connectivity index (χ4n) is 3.75. The molecule has 174 valence electrons. The van der Waals surface area contributed by atoms with E-state index in [4.69, 9.17) is 9.84 Å². The molecule has 12 nitrogen and oxygen atoms in total. The summed E-state index contributed by atoms with van der Waals surface area (Å²) in [7, 11) is -15.8. The standard InChI is InChI=1S/C18H12O12S3/c19-16(20)7-30-12-5-13(31(21,22)23)9-3-4-11-15(33(27,28)29)6-14(32(24,25)26)10-2-1-8(12)17(9)18(10)11/h1-6H,7H2,(H,19,20)(H,21,22,23)(H,24,25,26)(H,27,28,29)/p-3. The highest BCUT2D eigenvalue weighted by Gasteiger charge is 2.24. The van der Waals surface area contributed by atoms with Crippen LogP contribution in [0.25, 0.3) is 32.3 Å². The van der Waals surface area contributed by atoms with Crippen molar-refractivity contribution in [1.82, 2.24) is 0 Å². The predicted molar refractivity (Wildman–Crippen MR) is 107 cm³/mol. The zero-order chi connectivity index (χ0) is 24.5. The van der Waals surface area contributed by atoms with Crippen LogP contribution in [0.5, 0.6) is 5.75 Å². The van der Waals surface area contributed by atoms with Gasteiger partial charge >= 0.3 is 5.97 Å². The molecule has 0 spiro atoms. The van der Waals surface area contributed by atoms with E-state index in [1.807, 2.05) is 0 Å². The molecular weight excluding hydrogens is 504 g/mol. The zero-order valence-corrected chi connectivity index (χ0v) is 18.3. The second kappa shape index (κ2) is 7.21. The molecule has 0 fully saturated rings. The van der Waals surface area contributed by atoms with Gasteiger partial charge in [0.2, 0.25) is 0 Å². The number of hydrogen-bond acceptors (Lipinski definition) is 11. The number of carboxylic acids is 1. The Morgan fingerprint density at radius 3 is 1.45 bits per heavy atom. The fourth-order valence-corrected chi connectivity index (χ4v) is 5.91. The van der Waals surface area contributed by atoms with Crippen LogP contribution in [0.15, 0.2) is 51.1 Å². The first-order valence-electron chi connectivity index (χ1n) is 8.61. The van der Waals surface area contributed by atoms with Crippen LogP contribution in [-0.2, 0) is 35.1 Å². The normalized spacial score (nSPS) is 13.2. The molecule has 1 N–H and O–H groups in total. The summed E-state index contributed by atoms with van der Waals surface area (Å²) in [5, 5.41) is 7.40. The van der Waals surface area contributed by atoms with Crippen molar-refractivity contribution in [3.63, 3.8) is 0 Å². The van der Waals surface area contributed by atoms with Crippen molar-refractivity contribution in [3.8, 4) is 5.75 Å². The Labute approximate surface area is 185 Å². The van der Waals surface area contributed by atoms with Crippen LogP contribution < -0.4 is 4.74 Å². The lowest BCUT2D eigenvalue weighted by Crippen LogP contribution is -2.11. The number of aliphatic carboxylic acids is 1. The number of hydrogen-bond donors (Lipinski definition) is 1. The van der Waals surface area contributed by atoms with E-state index >= 15 is 0 Å². The number of benzene rings is 4. The molecule has 0 bridgehead atoms. The van der Waals surface area contributed by atoms with Gasteiger partial charge in [0.05, 0.1) is 14.7 Å². The van der Waals surface area contributed by atoms with Crippen LogP contribution in [0.4, 0.5) is 0 Å². The Morgan fingerprint density at radius 1 is 0.697 bits per heavy atom. The molecule has 0 aromatic heterocycles. The van der Waals surface area contributed by atoms with Gasteiger partial charge < -0.3 is 23.5 Å². The number of rotatable bonds is 6. The lowest BCUT2D eigenvalue weighted by Gasteiger charge is -2.22. The minimum absolute atomic E-state index is 0.0218. The van der Waals surface area contributed by atoms with E-state index in [1.54, 1.807) is 0 Å². The molecule has 0 aliphatic rings. The molecule has 0 heterocycles.